The van der Waals surface area contributed by atoms with Crippen molar-refractivity contribution in [1.82, 2.24) is 4.90 Å². The Balaban J connectivity index is 0. The first-order chi connectivity index (χ1) is 9.61. The zero-order valence-electron chi connectivity index (χ0n) is 14.4. The van der Waals surface area contributed by atoms with Crippen molar-refractivity contribution in [1.29, 1.82) is 0 Å². The fourth-order valence-electron chi connectivity index (χ4n) is 2.67. The molecule has 0 aliphatic rings. The van der Waals surface area contributed by atoms with E-state index in [-0.39, 0.29) is 19.0 Å². The third kappa shape index (κ3) is 14.9. The van der Waals surface area contributed by atoms with Crippen LogP contribution in [0.3, 0.4) is 0 Å². The summed E-state index contributed by atoms with van der Waals surface area (Å²) in [6.45, 7) is 2.14. The predicted octanol–water partition coefficient (Wildman–Crippen LogP) is 4.00. The second kappa shape index (κ2) is 16.5. The molecule has 0 rings (SSSR count). The third-order valence-electron chi connectivity index (χ3n) is 4.13. The maximum absolute atomic E-state index is 9.54. The van der Waals surface area contributed by atoms with Crippen LogP contribution < -0.4 is 0 Å². The van der Waals surface area contributed by atoms with Gasteiger partial charge in [-0.3, -0.25) is 0 Å². The molecule has 2 atom stereocenters. The maximum Gasteiger partial charge on any atom is 0.0785 e. The van der Waals surface area contributed by atoms with Crippen LogP contribution in [0.4, 0.5) is 0 Å². The minimum Gasteiger partial charge on any atom is -0.394 e. The van der Waals surface area contributed by atoms with E-state index in [4.69, 9.17) is 5.11 Å². The summed E-state index contributed by atoms with van der Waals surface area (Å²) in [5.74, 6) is 0. The van der Waals surface area contributed by atoms with Crippen LogP contribution in [0.1, 0.15) is 77.6 Å². The lowest BCUT2D eigenvalue weighted by molar-refractivity contribution is 0.0634. The van der Waals surface area contributed by atoms with Gasteiger partial charge in [0.1, 0.15) is 0 Å². The van der Waals surface area contributed by atoms with Crippen LogP contribution in [0.5, 0.6) is 0 Å². The average Bonchev–Trinajstić information content (AvgIpc) is 2.43. The van der Waals surface area contributed by atoms with Gasteiger partial charge in [0.05, 0.1) is 12.7 Å². The highest BCUT2D eigenvalue weighted by Gasteiger charge is 2.15. The molecule has 0 saturated carbocycles. The van der Waals surface area contributed by atoms with Crippen molar-refractivity contribution < 1.29 is 10.2 Å². The molecule has 0 fully saturated rings. The van der Waals surface area contributed by atoms with Gasteiger partial charge in [0.2, 0.25) is 0 Å². The standard InChI is InChI=1S/C17H37NO2.ClH/c1-4-5-6-7-8-9-10-11-12-13-16(18(2)3)14-17(20)15-19;/h16-17,19-20H,4-15H2,1-3H3;1H. The Hall–Kier alpha value is 0.170. The molecule has 0 aromatic heterocycles. The summed E-state index contributed by atoms with van der Waals surface area (Å²) in [6.07, 6.45) is 13.4. The molecule has 0 amide bonds. The van der Waals surface area contributed by atoms with Crippen molar-refractivity contribution in [2.45, 2.75) is 89.7 Å². The Morgan fingerprint density at radius 1 is 0.857 bits per heavy atom. The van der Waals surface area contributed by atoms with E-state index in [2.05, 4.69) is 25.9 Å². The SMILES string of the molecule is CCCCCCCCCCCC(CC(O)CO)N(C)C.Cl. The molecule has 21 heavy (non-hydrogen) atoms. The number of unbranched alkanes of at least 4 members (excludes halogenated alkanes) is 8. The molecular weight excluding hydrogens is 286 g/mol. The Kier molecular flexibility index (Phi) is 18.5. The number of nitrogens with zero attached hydrogens (tertiary/aromatic N) is 1. The van der Waals surface area contributed by atoms with Crippen molar-refractivity contribution >= 4 is 12.4 Å². The summed E-state index contributed by atoms with van der Waals surface area (Å²) in [7, 11) is 4.12. The molecule has 0 aliphatic carbocycles. The van der Waals surface area contributed by atoms with Gasteiger partial charge in [0, 0.05) is 6.04 Å². The number of hydrogen-bond donors (Lipinski definition) is 2. The monoisotopic (exact) mass is 323 g/mol. The molecule has 0 aromatic carbocycles. The first kappa shape index (κ1) is 23.4. The number of aliphatic hydroxyl groups excluding tert-OH is 2. The smallest absolute Gasteiger partial charge is 0.0785 e. The highest BCUT2D eigenvalue weighted by atomic mass is 35.5. The molecule has 0 aliphatic heterocycles. The number of hydrogen-bond acceptors (Lipinski definition) is 3. The molecule has 3 nitrogen and oxygen atoms in total. The fraction of sp³-hybridized carbons (Fsp3) is 1.00. The quantitative estimate of drug-likeness (QED) is 0.475. The topological polar surface area (TPSA) is 43.7 Å². The van der Waals surface area contributed by atoms with Gasteiger partial charge < -0.3 is 15.1 Å². The lowest BCUT2D eigenvalue weighted by Crippen LogP contribution is -2.33. The lowest BCUT2D eigenvalue weighted by Gasteiger charge is -2.26. The highest BCUT2D eigenvalue weighted by molar-refractivity contribution is 5.85. The summed E-state index contributed by atoms with van der Waals surface area (Å²) in [5, 5.41) is 18.5. The molecule has 2 N–H and O–H groups in total. The van der Waals surface area contributed by atoms with Gasteiger partial charge in [0.25, 0.3) is 0 Å². The molecule has 0 bridgehead atoms. The second-order valence-electron chi connectivity index (χ2n) is 6.31. The first-order valence-corrected chi connectivity index (χ1v) is 8.57. The van der Waals surface area contributed by atoms with Crippen LogP contribution in [0.15, 0.2) is 0 Å². The van der Waals surface area contributed by atoms with Crippen molar-refractivity contribution in [2.24, 2.45) is 0 Å². The Morgan fingerprint density at radius 2 is 1.33 bits per heavy atom. The fourth-order valence-corrected chi connectivity index (χ4v) is 2.67. The van der Waals surface area contributed by atoms with Crippen molar-refractivity contribution in [2.75, 3.05) is 20.7 Å². The number of aliphatic hydroxyl groups is 2. The van der Waals surface area contributed by atoms with Crippen LogP contribution in [0.2, 0.25) is 0 Å². The van der Waals surface area contributed by atoms with E-state index < -0.39 is 6.10 Å². The van der Waals surface area contributed by atoms with E-state index in [1.54, 1.807) is 0 Å². The Labute approximate surface area is 138 Å². The predicted molar refractivity (Wildman–Crippen MR) is 94.3 cm³/mol. The molecule has 0 aromatic rings. The molecule has 0 spiro atoms. The van der Waals surface area contributed by atoms with Crippen LogP contribution in [-0.4, -0.2) is 48.0 Å². The summed E-state index contributed by atoms with van der Waals surface area (Å²) >= 11 is 0. The van der Waals surface area contributed by atoms with E-state index in [9.17, 15) is 5.11 Å². The van der Waals surface area contributed by atoms with Crippen LogP contribution in [0.25, 0.3) is 0 Å². The van der Waals surface area contributed by atoms with Gasteiger partial charge in [-0.2, -0.15) is 0 Å². The van der Waals surface area contributed by atoms with Crippen LogP contribution in [-0.2, 0) is 0 Å². The minimum absolute atomic E-state index is 0. The van der Waals surface area contributed by atoms with Crippen molar-refractivity contribution in [3.05, 3.63) is 0 Å². The lowest BCUT2D eigenvalue weighted by atomic mass is 10.00. The van der Waals surface area contributed by atoms with E-state index >= 15 is 0 Å². The second-order valence-corrected chi connectivity index (χ2v) is 6.31. The molecule has 2 unspecified atom stereocenters. The van der Waals surface area contributed by atoms with Gasteiger partial charge in [-0.15, -0.1) is 12.4 Å². The largest absolute Gasteiger partial charge is 0.394 e. The van der Waals surface area contributed by atoms with Gasteiger partial charge in [-0.25, -0.2) is 0 Å². The van der Waals surface area contributed by atoms with Gasteiger partial charge in [0.15, 0.2) is 0 Å². The molecule has 4 heteroatoms. The molecule has 130 valence electrons. The Bertz CT molecular complexity index is 203. The van der Waals surface area contributed by atoms with E-state index in [1.807, 2.05) is 0 Å². The maximum atomic E-state index is 9.54. The zero-order valence-corrected chi connectivity index (χ0v) is 15.2. The van der Waals surface area contributed by atoms with E-state index in [1.165, 1.54) is 57.8 Å². The van der Waals surface area contributed by atoms with Gasteiger partial charge >= 0.3 is 0 Å². The van der Waals surface area contributed by atoms with Gasteiger partial charge in [-0.1, -0.05) is 64.7 Å². The highest BCUT2D eigenvalue weighted by Crippen LogP contribution is 2.15. The zero-order chi connectivity index (χ0) is 15.2. The molecule has 0 radical (unpaired) electrons. The summed E-state index contributed by atoms with van der Waals surface area (Å²) < 4.78 is 0. The molecular formula is C17H38ClNO2. The van der Waals surface area contributed by atoms with E-state index in [0.29, 0.717) is 12.5 Å². The third-order valence-corrected chi connectivity index (χ3v) is 4.13. The summed E-state index contributed by atoms with van der Waals surface area (Å²) in [6, 6.07) is 0.390. The number of rotatable bonds is 14. The van der Waals surface area contributed by atoms with Crippen LogP contribution in [0, 0.1) is 0 Å². The first-order valence-electron chi connectivity index (χ1n) is 8.57. The van der Waals surface area contributed by atoms with Crippen LogP contribution >= 0.6 is 12.4 Å². The average molecular weight is 324 g/mol. The molecule has 0 heterocycles. The van der Waals surface area contributed by atoms with Gasteiger partial charge in [-0.05, 0) is 26.9 Å². The van der Waals surface area contributed by atoms with Crippen molar-refractivity contribution in [3.8, 4) is 0 Å². The number of halogens is 1. The minimum atomic E-state index is -0.569. The van der Waals surface area contributed by atoms with Crippen molar-refractivity contribution in [3.63, 3.8) is 0 Å². The Morgan fingerprint density at radius 3 is 1.76 bits per heavy atom. The normalized spacial score (nSPS) is 14.0. The summed E-state index contributed by atoms with van der Waals surface area (Å²) in [4.78, 5) is 2.17. The molecule has 0 saturated heterocycles. The van der Waals surface area contributed by atoms with E-state index in [0.717, 1.165) is 6.42 Å². The summed E-state index contributed by atoms with van der Waals surface area (Å²) in [5.41, 5.74) is 0.